The van der Waals surface area contributed by atoms with Crippen LogP contribution in [-0.2, 0) is 9.53 Å². The van der Waals surface area contributed by atoms with Gasteiger partial charge in [-0.25, -0.2) is 9.59 Å². The van der Waals surface area contributed by atoms with Crippen molar-refractivity contribution in [2.45, 2.75) is 6.92 Å². The van der Waals surface area contributed by atoms with Crippen molar-refractivity contribution >= 4 is 34.8 Å². The van der Waals surface area contributed by atoms with Crippen molar-refractivity contribution < 1.29 is 24.2 Å². The Balaban J connectivity index is 1.81. The Kier molecular flexibility index (Phi) is 4.70. The molecule has 7 nitrogen and oxygen atoms in total. The Morgan fingerprint density at radius 2 is 1.85 bits per heavy atom. The van der Waals surface area contributed by atoms with Gasteiger partial charge in [0, 0.05) is 23.1 Å². The third-order valence-electron chi connectivity index (χ3n) is 3.83. The van der Waals surface area contributed by atoms with E-state index < -0.39 is 11.9 Å². The van der Waals surface area contributed by atoms with Crippen LogP contribution in [0.4, 0.5) is 11.4 Å². The van der Waals surface area contributed by atoms with Gasteiger partial charge in [0.15, 0.2) is 0 Å². The van der Waals surface area contributed by atoms with Crippen molar-refractivity contribution in [2.75, 3.05) is 17.2 Å². The highest BCUT2D eigenvalue weighted by Crippen LogP contribution is 2.32. The summed E-state index contributed by atoms with van der Waals surface area (Å²) in [6, 6.07) is 11.0. The highest BCUT2D eigenvalue weighted by atomic mass is 16.5. The molecule has 0 atom stereocenters. The van der Waals surface area contributed by atoms with Gasteiger partial charge in [0.2, 0.25) is 0 Å². The minimum absolute atomic E-state index is 0.179. The van der Waals surface area contributed by atoms with Crippen LogP contribution in [0.1, 0.15) is 33.2 Å². The van der Waals surface area contributed by atoms with Crippen molar-refractivity contribution in [1.29, 1.82) is 0 Å². The molecule has 0 bridgehead atoms. The second-order valence-corrected chi connectivity index (χ2v) is 5.52. The zero-order chi connectivity index (χ0) is 18.7. The number of anilines is 2. The number of hydrogen-bond acceptors (Lipinski definition) is 5. The number of hydrogen-bond donors (Lipinski definition) is 3. The smallest absolute Gasteiger partial charge is 0.338 e. The third kappa shape index (κ3) is 3.41. The summed E-state index contributed by atoms with van der Waals surface area (Å²) < 4.78 is 4.95. The van der Waals surface area contributed by atoms with Crippen LogP contribution in [-0.4, -0.2) is 29.6 Å². The Bertz CT molecular complexity index is 916. The minimum Gasteiger partial charge on any atom is -0.478 e. The van der Waals surface area contributed by atoms with E-state index in [2.05, 4.69) is 10.6 Å². The van der Waals surface area contributed by atoms with Gasteiger partial charge in [-0.15, -0.1) is 0 Å². The normalized spacial score (nSPS) is 13.9. The molecule has 7 heteroatoms. The first kappa shape index (κ1) is 17.2. The number of amides is 1. The number of carboxylic acid groups (broad SMARTS) is 1. The zero-order valence-electron chi connectivity index (χ0n) is 13.9. The van der Waals surface area contributed by atoms with E-state index in [4.69, 9.17) is 9.84 Å². The number of benzene rings is 2. The molecule has 3 N–H and O–H groups in total. The van der Waals surface area contributed by atoms with Crippen molar-refractivity contribution in [3.8, 4) is 0 Å². The third-order valence-corrected chi connectivity index (χ3v) is 3.83. The lowest BCUT2D eigenvalue weighted by molar-refractivity contribution is -0.110. The molecule has 3 rings (SSSR count). The molecule has 0 saturated heterocycles. The number of rotatable bonds is 5. The summed E-state index contributed by atoms with van der Waals surface area (Å²) >= 11 is 0. The van der Waals surface area contributed by atoms with Crippen molar-refractivity contribution in [3.63, 3.8) is 0 Å². The number of esters is 1. The molecule has 0 unspecified atom stereocenters. The second kappa shape index (κ2) is 7.10. The van der Waals surface area contributed by atoms with E-state index in [1.54, 1.807) is 43.5 Å². The van der Waals surface area contributed by atoms with Crippen LogP contribution in [0.5, 0.6) is 0 Å². The summed E-state index contributed by atoms with van der Waals surface area (Å²) in [5, 5.41) is 14.6. The maximum atomic E-state index is 12.2. The number of fused-ring (bicyclic) bond motifs is 1. The first-order valence-corrected chi connectivity index (χ1v) is 7.92. The van der Waals surface area contributed by atoms with Crippen LogP contribution < -0.4 is 10.6 Å². The molecule has 132 valence electrons. The van der Waals surface area contributed by atoms with Crippen LogP contribution in [0, 0.1) is 0 Å². The van der Waals surface area contributed by atoms with Crippen LogP contribution in [0.2, 0.25) is 0 Å². The predicted molar refractivity (Wildman–Crippen MR) is 96.0 cm³/mol. The van der Waals surface area contributed by atoms with Crippen LogP contribution in [0.25, 0.3) is 5.57 Å². The first-order valence-electron chi connectivity index (χ1n) is 7.92. The molecular formula is C19H16N2O5. The van der Waals surface area contributed by atoms with Gasteiger partial charge in [0.1, 0.15) is 0 Å². The molecule has 0 aliphatic carbocycles. The van der Waals surface area contributed by atoms with Crippen LogP contribution >= 0.6 is 0 Å². The fourth-order valence-electron chi connectivity index (χ4n) is 2.54. The van der Waals surface area contributed by atoms with E-state index in [-0.39, 0.29) is 18.1 Å². The summed E-state index contributed by atoms with van der Waals surface area (Å²) in [6.45, 7) is 2.00. The average Bonchev–Trinajstić information content (AvgIpc) is 2.94. The molecule has 2 aromatic carbocycles. The number of ether oxygens (including phenoxy) is 1. The largest absolute Gasteiger partial charge is 0.478 e. The molecule has 0 aromatic heterocycles. The van der Waals surface area contributed by atoms with Gasteiger partial charge < -0.3 is 20.5 Å². The predicted octanol–water partition coefficient (Wildman–Crippen LogP) is 2.97. The molecule has 2 aromatic rings. The summed E-state index contributed by atoms with van der Waals surface area (Å²) in [7, 11) is 0. The van der Waals surface area contributed by atoms with Gasteiger partial charge in [-0.3, -0.25) is 4.79 Å². The van der Waals surface area contributed by atoms with Gasteiger partial charge in [0.05, 0.1) is 23.3 Å². The number of aromatic carboxylic acids is 1. The van der Waals surface area contributed by atoms with E-state index in [0.29, 0.717) is 28.1 Å². The molecule has 1 heterocycles. The Morgan fingerprint density at radius 1 is 1.15 bits per heavy atom. The maximum absolute atomic E-state index is 12.2. The van der Waals surface area contributed by atoms with E-state index >= 15 is 0 Å². The standard InChI is InChI=1S/C19H16N2O5/c1-2-26-19(25)12-5-8-14-15(17(22)21-16(14)9-12)10-20-13-6-3-11(4-7-13)18(23)24/h3-10,20H,2H2,1H3,(H,21,22)(H,23,24)/b15-10-. The van der Waals surface area contributed by atoms with E-state index in [1.807, 2.05) is 0 Å². The lowest BCUT2D eigenvalue weighted by Gasteiger charge is -2.05. The van der Waals surface area contributed by atoms with Crippen molar-refractivity contribution in [2.24, 2.45) is 0 Å². The van der Waals surface area contributed by atoms with E-state index in [9.17, 15) is 14.4 Å². The monoisotopic (exact) mass is 352 g/mol. The number of carbonyl (C=O) groups excluding carboxylic acids is 2. The summed E-state index contributed by atoms with van der Waals surface area (Å²) in [6.07, 6.45) is 1.54. The Labute approximate surface area is 149 Å². The second-order valence-electron chi connectivity index (χ2n) is 5.52. The maximum Gasteiger partial charge on any atom is 0.338 e. The average molecular weight is 352 g/mol. The van der Waals surface area contributed by atoms with Gasteiger partial charge >= 0.3 is 11.9 Å². The molecule has 26 heavy (non-hydrogen) atoms. The first-order chi connectivity index (χ1) is 12.5. The SMILES string of the molecule is CCOC(=O)c1ccc2c(c1)NC(=O)/C2=C\Nc1ccc(C(=O)O)cc1. The minimum atomic E-state index is -1.00. The lowest BCUT2D eigenvalue weighted by Crippen LogP contribution is -2.06. The van der Waals surface area contributed by atoms with E-state index in [0.717, 1.165) is 0 Å². The molecule has 0 radical (unpaired) electrons. The Morgan fingerprint density at radius 3 is 2.50 bits per heavy atom. The fourth-order valence-corrected chi connectivity index (χ4v) is 2.54. The fraction of sp³-hybridized carbons (Fsp3) is 0.105. The van der Waals surface area contributed by atoms with Gasteiger partial charge in [-0.1, -0.05) is 6.07 Å². The van der Waals surface area contributed by atoms with Crippen molar-refractivity contribution in [1.82, 2.24) is 0 Å². The van der Waals surface area contributed by atoms with Gasteiger partial charge in [0.25, 0.3) is 5.91 Å². The number of nitrogens with one attached hydrogen (secondary N) is 2. The molecule has 0 fully saturated rings. The molecule has 1 aliphatic heterocycles. The van der Waals surface area contributed by atoms with E-state index in [1.165, 1.54) is 12.1 Å². The topological polar surface area (TPSA) is 105 Å². The molecule has 1 aliphatic rings. The summed E-state index contributed by atoms with van der Waals surface area (Å²) in [4.78, 5) is 34.8. The number of carbonyl (C=O) groups is 3. The molecular weight excluding hydrogens is 336 g/mol. The molecule has 1 amide bonds. The summed E-state index contributed by atoms with van der Waals surface area (Å²) in [5.74, 6) is -1.74. The van der Waals surface area contributed by atoms with Crippen LogP contribution in [0.3, 0.4) is 0 Å². The zero-order valence-corrected chi connectivity index (χ0v) is 13.9. The Hall–Kier alpha value is -3.61. The number of carboxylic acids is 1. The van der Waals surface area contributed by atoms with Gasteiger partial charge in [-0.2, -0.15) is 0 Å². The highest BCUT2D eigenvalue weighted by molar-refractivity contribution is 6.31. The highest BCUT2D eigenvalue weighted by Gasteiger charge is 2.25. The quantitative estimate of drug-likeness (QED) is 0.564. The lowest BCUT2D eigenvalue weighted by atomic mass is 10.1. The van der Waals surface area contributed by atoms with Crippen molar-refractivity contribution in [3.05, 3.63) is 65.4 Å². The van der Waals surface area contributed by atoms with Gasteiger partial charge in [-0.05, 0) is 43.3 Å². The molecule has 0 spiro atoms. The van der Waals surface area contributed by atoms with Crippen LogP contribution in [0.15, 0.2) is 48.7 Å². The summed E-state index contributed by atoms with van der Waals surface area (Å²) in [5.41, 5.74) is 2.81. The molecule has 0 saturated carbocycles.